The molecule has 1 saturated heterocycles. The molecule has 24 heavy (non-hydrogen) atoms. The van der Waals surface area contributed by atoms with Crippen molar-refractivity contribution in [1.29, 1.82) is 0 Å². The number of benzene rings is 1. The van der Waals surface area contributed by atoms with E-state index in [2.05, 4.69) is 36.2 Å². The Morgan fingerprint density at radius 2 is 2.12 bits per heavy atom. The lowest BCUT2D eigenvalue weighted by Crippen LogP contribution is -2.44. The first-order chi connectivity index (χ1) is 11.2. The number of likely N-dealkylation sites (tertiary alicyclic amines) is 1. The van der Waals surface area contributed by atoms with Gasteiger partial charge in [-0.25, -0.2) is 4.79 Å². The van der Waals surface area contributed by atoms with Gasteiger partial charge in [0.05, 0.1) is 11.7 Å². The second kappa shape index (κ2) is 6.11. The molecule has 1 fully saturated rings. The van der Waals surface area contributed by atoms with Crippen LogP contribution in [0.4, 0.5) is 4.79 Å². The molecule has 1 aromatic heterocycles. The Morgan fingerprint density at radius 3 is 2.79 bits per heavy atom. The number of aryl methyl sites for hydroxylation is 1. The highest BCUT2D eigenvalue weighted by atomic mass is 16.6. The fourth-order valence-corrected chi connectivity index (χ4v) is 3.62. The van der Waals surface area contributed by atoms with E-state index in [1.54, 1.807) is 0 Å². The van der Waals surface area contributed by atoms with Crippen LogP contribution < -0.4 is 0 Å². The number of fused-ring (bicyclic) bond motifs is 1. The summed E-state index contributed by atoms with van der Waals surface area (Å²) >= 11 is 0. The van der Waals surface area contributed by atoms with Crippen LogP contribution in [0.15, 0.2) is 18.3 Å². The highest BCUT2D eigenvalue weighted by Gasteiger charge is 2.32. The van der Waals surface area contributed by atoms with Crippen LogP contribution in [0.2, 0.25) is 0 Å². The van der Waals surface area contributed by atoms with Crippen LogP contribution in [0.1, 0.15) is 51.2 Å². The summed E-state index contributed by atoms with van der Waals surface area (Å²) in [5, 5.41) is 8.33. The number of nitrogens with one attached hydrogen (secondary N) is 1. The van der Waals surface area contributed by atoms with Crippen LogP contribution in [-0.4, -0.2) is 39.9 Å². The standard InChI is InChI=1S/C19H27N3O2/c1-12-8-14-10-20-21-17(14)9-16(12)15-6-7-22(11-13(15)2)18(23)24-19(3,4)5/h8-10,13,15H,6-7,11H2,1-5H3,(H,20,21). The number of nitrogens with zero attached hydrogens (tertiary/aromatic N) is 2. The van der Waals surface area contributed by atoms with Crippen LogP contribution in [0.25, 0.3) is 10.9 Å². The Bertz CT molecular complexity index is 745. The number of piperidine rings is 1. The van der Waals surface area contributed by atoms with Gasteiger partial charge >= 0.3 is 6.09 Å². The number of hydrogen-bond acceptors (Lipinski definition) is 3. The Balaban J connectivity index is 1.75. The van der Waals surface area contributed by atoms with Gasteiger partial charge in [0, 0.05) is 18.5 Å². The van der Waals surface area contributed by atoms with Gasteiger partial charge < -0.3 is 9.64 Å². The van der Waals surface area contributed by atoms with Gasteiger partial charge in [-0.2, -0.15) is 5.10 Å². The van der Waals surface area contributed by atoms with Gasteiger partial charge in [0.1, 0.15) is 5.60 Å². The van der Waals surface area contributed by atoms with E-state index in [9.17, 15) is 4.79 Å². The maximum absolute atomic E-state index is 12.3. The van der Waals surface area contributed by atoms with Crippen LogP contribution in [0.3, 0.4) is 0 Å². The number of ether oxygens (including phenoxy) is 1. The normalized spacial score (nSPS) is 22.0. The lowest BCUT2D eigenvalue weighted by Gasteiger charge is -2.38. The Labute approximate surface area is 143 Å². The summed E-state index contributed by atoms with van der Waals surface area (Å²) in [6.45, 7) is 11.6. The molecular weight excluding hydrogens is 302 g/mol. The van der Waals surface area contributed by atoms with Gasteiger partial charge in [0.2, 0.25) is 0 Å². The number of H-pyrrole nitrogens is 1. The van der Waals surface area contributed by atoms with Crippen molar-refractivity contribution in [2.45, 2.75) is 52.6 Å². The molecule has 2 aromatic rings. The molecule has 0 spiro atoms. The molecule has 0 bridgehead atoms. The third-order valence-corrected chi connectivity index (χ3v) is 4.78. The van der Waals surface area contributed by atoms with E-state index in [-0.39, 0.29) is 6.09 Å². The molecule has 2 unspecified atom stereocenters. The number of aromatic amines is 1. The molecular formula is C19H27N3O2. The van der Waals surface area contributed by atoms with Crippen molar-refractivity contribution in [3.05, 3.63) is 29.5 Å². The fourth-order valence-electron chi connectivity index (χ4n) is 3.62. The molecule has 1 amide bonds. The zero-order valence-corrected chi connectivity index (χ0v) is 15.2. The van der Waals surface area contributed by atoms with E-state index in [4.69, 9.17) is 4.74 Å². The highest BCUT2D eigenvalue weighted by Crippen LogP contribution is 2.36. The van der Waals surface area contributed by atoms with Crippen LogP contribution in [0, 0.1) is 12.8 Å². The highest BCUT2D eigenvalue weighted by molar-refractivity contribution is 5.80. The number of rotatable bonds is 1. The first-order valence-electron chi connectivity index (χ1n) is 8.66. The van der Waals surface area contributed by atoms with Crippen molar-refractivity contribution in [1.82, 2.24) is 15.1 Å². The van der Waals surface area contributed by atoms with Gasteiger partial charge in [-0.3, -0.25) is 5.10 Å². The topological polar surface area (TPSA) is 58.2 Å². The molecule has 3 rings (SSSR count). The zero-order valence-electron chi connectivity index (χ0n) is 15.2. The molecule has 0 radical (unpaired) electrons. The van der Waals surface area contributed by atoms with E-state index in [1.807, 2.05) is 31.9 Å². The van der Waals surface area contributed by atoms with Crippen molar-refractivity contribution >= 4 is 17.0 Å². The third-order valence-electron chi connectivity index (χ3n) is 4.78. The quantitative estimate of drug-likeness (QED) is 0.851. The van der Waals surface area contributed by atoms with Gasteiger partial charge in [0.15, 0.2) is 0 Å². The first-order valence-corrected chi connectivity index (χ1v) is 8.66. The minimum atomic E-state index is -0.445. The fraction of sp³-hybridized carbons (Fsp3) is 0.579. The molecule has 5 nitrogen and oxygen atoms in total. The number of carbonyl (C=O) groups is 1. The lowest BCUT2D eigenvalue weighted by atomic mass is 9.79. The van der Waals surface area contributed by atoms with E-state index in [0.29, 0.717) is 11.8 Å². The smallest absolute Gasteiger partial charge is 0.410 e. The minimum absolute atomic E-state index is 0.200. The predicted octanol–water partition coefficient (Wildman–Crippen LogP) is 4.23. The van der Waals surface area contributed by atoms with Crippen molar-refractivity contribution in [2.24, 2.45) is 5.92 Å². The number of amides is 1. The Kier molecular flexibility index (Phi) is 4.28. The molecule has 1 N–H and O–H groups in total. The zero-order chi connectivity index (χ0) is 17.5. The summed E-state index contributed by atoms with van der Waals surface area (Å²) in [5.41, 5.74) is 3.30. The van der Waals surface area contributed by atoms with E-state index < -0.39 is 5.60 Å². The van der Waals surface area contributed by atoms with Gasteiger partial charge in [-0.15, -0.1) is 0 Å². The summed E-state index contributed by atoms with van der Waals surface area (Å²) in [6.07, 6.45) is 2.62. The summed E-state index contributed by atoms with van der Waals surface area (Å²) in [6, 6.07) is 4.42. The maximum Gasteiger partial charge on any atom is 0.410 e. The van der Waals surface area contributed by atoms with E-state index in [1.165, 1.54) is 11.1 Å². The van der Waals surface area contributed by atoms with E-state index in [0.717, 1.165) is 30.4 Å². The predicted molar refractivity (Wildman–Crippen MR) is 95.2 cm³/mol. The molecule has 1 aromatic carbocycles. The molecule has 130 valence electrons. The van der Waals surface area contributed by atoms with Crippen molar-refractivity contribution in [2.75, 3.05) is 13.1 Å². The summed E-state index contributed by atoms with van der Waals surface area (Å²) in [4.78, 5) is 14.1. The van der Waals surface area contributed by atoms with Gasteiger partial charge in [-0.1, -0.05) is 6.92 Å². The molecule has 2 heterocycles. The maximum atomic E-state index is 12.3. The average Bonchev–Trinajstić information content (AvgIpc) is 2.91. The number of carbonyl (C=O) groups excluding carboxylic acids is 1. The Hall–Kier alpha value is -2.04. The van der Waals surface area contributed by atoms with Crippen molar-refractivity contribution in [3.8, 4) is 0 Å². The monoisotopic (exact) mass is 329 g/mol. The lowest BCUT2D eigenvalue weighted by molar-refractivity contribution is 0.0155. The number of hydrogen-bond donors (Lipinski definition) is 1. The van der Waals surface area contributed by atoms with Gasteiger partial charge in [0.25, 0.3) is 0 Å². The summed E-state index contributed by atoms with van der Waals surface area (Å²) < 4.78 is 5.51. The van der Waals surface area contributed by atoms with E-state index >= 15 is 0 Å². The number of aromatic nitrogens is 2. The Morgan fingerprint density at radius 1 is 1.38 bits per heavy atom. The molecule has 2 atom stereocenters. The SMILES string of the molecule is Cc1cc2cn[nH]c2cc1C1CCN(C(=O)OC(C)(C)C)CC1C. The average molecular weight is 329 g/mol. The molecule has 0 aliphatic carbocycles. The van der Waals surface area contributed by atoms with Crippen LogP contribution in [-0.2, 0) is 4.74 Å². The minimum Gasteiger partial charge on any atom is -0.444 e. The third kappa shape index (κ3) is 3.40. The summed E-state index contributed by atoms with van der Waals surface area (Å²) in [5.74, 6) is 0.849. The largest absolute Gasteiger partial charge is 0.444 e. The molecule has 1 aliphatic heterocycles. The molecule has 5 heteroatoms. The van der Waals surface area contributed by atoms with Gasteiger partial charge in [-0.05, 0) is 69.2 Å². The van der Waals surface area contributed by atoms with Crippen LogP contribution >= 0.6 is 0 Å². The molecule has 0 saturated carbocycles. The van der Waals surface area contributed by atoms with Crippen LogP contribution in [0.5, 0.6) is 0 Å². The van der Waals surface area contributed by atoms with Crippen molar-refractivity contribution < 1.29 is 9.53 Å². The second-order valence-electron chi connectivity index (χ2n) is 7.96. The second-order valence-corrected chi connectivity index (χ2v) is 7.96. The first kappa shape index (κ1) is 16.8. The molecule has 1 aliphatic rings. The summed E-state index contributed by atoms with van der Waals surface area (Å²) in [7, 11) is 0. The van der Waals surface area contributed by atoms with Crippen molar-refractivity contribution in [3.63, 3.8) is 0 Å².